The molecule has 4 aliphatic rings. The Kier molecular flexibility index (Phi) is 4.12. The number of hydrogen-bond donors (Lipinski definition) is 1. The molecule has 0 unspecified atom stereocenters. The van der Waals surface area contributed by atoms with Crippen LogP contribution in [0.3, 0.4) is 0 Å². The lowest BCUT2D eigenvalue weighted by Gasteiger charge is -2.56. The van der Waals surface area contributed by atoms with Crippen LogP contribution in [-0.4, -0.2) is 19.1 Å². The zero-order valence-electron chi connectivity index (χ0n) is 13.4. The summed E-state index contributed by atoms with van der Waals surface area (Å²) in [4.78, 5) is 12.2. The molecule has 0 aromatic heterocycles. The molecule has 0 saturated heterocycles. The van der Waals surface area contributed by atoms with Crippen molar-refractivity contribution >= 4 is 21.8 Å². The van der Waals surface area contributed by atoms with Crippen LogP contribution in [0.4, 0.5) is 0 Å². The quantitative estimate of drug-likeness (QED) is 0.836. The molecule has 124 valence electrons. The van der Waals surface area contributed by atoms with Gasteiger partial charge in [-0.25, -0.2) is 0 Å². The SMILES string of the molecule is O=C(COc1ccccc1Br)NCC12CC3CC(CC(C3)C1)C2. The summed E-state index contributed by atoms with van der Waals surface area (Å²) in [6.45, 7) is 0.934. The van der Waals surface area contributed by atoms with Crippen molar-refractivity contribution in [2.75, 3.05) is 13.2 Å². The van der Waals surface area contributed by atoms with Crippen molar-refractivity contribution in [3.8, 4) is 5.75 Å². The molecule has 1 amide bonds. The highest BCUT2D eigenvalue weighted by molar-refractivity contribution is 9.10. The summed E-state index contributed by atoms with van der Waals surface area (Å²) in [5.74, 6) is 3.49. The topological polar surface area (TPSA) is 38.3 Å². The van der Waals surface area contributed by atoms with Crippen LogP contribution in [0.25, 0.3) is 0 Å². The molecule has 0 radical (unpaired) electrons. The van der Waals surface area contributed by atoms with Crippen LogP contribution in [0.2, 0.25) is 0 Å². The number of ether oxygens (including phenoxy) is 1. The van der Waals surface area contributed by atoms with Gasteiger partial charge in [0.05, 0.1) is 4.47 Å². The molecule has 0 spiro atoms. The summed E-state index contributed by atoms with van der Waals surface area (Å²) in [6.07, 6.45) is 8.30. The van der Waals surface area contributed by atoms with E-state index in [0.717, 1.165) is 34.5 Å². The molecule has 1 N–H and O–H groups in total. The number of carbonyl (C=O) groups excluding carboxylic acids is 1. The average Bonchev–Trinajstić information content (AvgIpc) is 2.51. The highest BCUT2D eigenvalue weighted by atomic mass is 79.9. The molecule has 4 saturated carbocycles. The monoisotopic (exact) mass is 377 g/mol. The van der Waals surface area contributed by atoms with Crippen LogP contribution in [0.5, 0.6) is 5.75 Å². The molecule has 3 nitrogen and oxygen atoms in total. The minimum Gasteiger partial charge on any atom is -0.483 e. The van der Waals surface area contributed by atoms with Gasteiger partial charge >= 0.3 is 0 Å². The smallest absolute Gasteiger partial charge is 0.257 e. The highest BCUT2D eigenvalue weighted by Crippen LogP contribution is 2.59. The number of amides is 1. The van der Waals surface area contributed by atoms with E-state index < -0.39 is 0 Å². The second-order valence-electron chi connectivity index (χ2n) is 7.91. The lowest BCUT2D eigenvalue weighted by Crippen LogP contribution is -2.51. The number of rotatable bonds is 5. The maximum atomic E-state index is 12.2. The molecular formula is C19H24BrNO2. The van der Waals surface area contributed by atoms with Crippen molar-refractivity contribution < 1.29 is 9.53 Å². The molecule has 4 heteroatoms. The number of benzene rings is 1. The Morgan fingerprint density at radius 3 is 2.35 bits per heavy atom. The number of halogens is 1. The Labute approximate surface area is 146 Å². The van der Waals surface area contributed by atoms with E-state index in [-0.39, 0.29) is 12.5 Å². The summed E-state index contributed by atoms with van der Waals surface area (Å²) in [7, 11) is 0. The number of hydrogen-bond acceptors (Lipinski definition) is 2. The third-order valence-electron chi connectivity index (χ3n) is 6.02. The van der Waals surface area contributed by atoms with Crippen molar-refractivity contribution in [1.82, 2.24) is 5.32 Å². The maximum Gasteiger partial charge on any atom is 0.257 e. The minimum absolute atomic E-state index is 0.00324. The fourth-order valence-corrected chi connectivity index (χ4v) is 5.95. The second-order valence-corrected chi connectivity index (χ2v) is 8.77. The molecule has 4 fully saturated rings. The summed E-state index contributed by atoms with van der Waals surface area (Å²) in [5.41, 5.74) is 0.387. The molecule has 4 aliphatic carbocycles. The number of nitrogens with one attached hydrogen (secondary N) is 1. The van der Waals surface area contributed by atoms with Gasteiger partial charge in [0.25, 0.3) is 5.91 Å². The Hall–Kier alpha value is -1.03. The first-order chi connectivity index (χ1) is 11.1. The van der Waals surface area contributed by atoms with Crippen LogP contribution >= 0.6 is 15.9 Å². The van der Waals surface area contributed by atoms with Gasteiger partial charge in [-0.05, 0) is 89.8 Å². The van der Waals surface area contributed by atoms with Crippen molar-refractivity contribution in [3.63, 3.8) is 0 Å². The molecular weight excluding hydrogens is 354 g/mol. The van der Waals surface area contributed by atoms with Crippen molar-refractivity contribution in [2.45, 2.75) is 38.5 Å². The molecule has 1 aromatic carbocycles. The minimum atomic E-state index is -0.00324. The maximum absolute atomic E-state index is 12.2. The number of para-hydroxylation sites is 1. The molecule has 1 aromatic rings. The van der Waals surface area contributed by atoms with Crippen LogP contribution in [0.1, 0.15) is 38.5 Å². The largest absolute Gasteiger partial charge is 0.483 e. The first-order valence-corrected chi connectivity index (χ1v) is 9.55. The van der Waals surface area contributed by atoms with Crippen LogP contribution in [0, 0.1) is 23.2 Å². The van der Waals surface area contributed by atoms with Gasteiger partial charge < -0.3 is 10.1 Å². The van der Waals surface area contributed by atoms with Crippen LogP contribution in [0.15, 0.2) is 28.7 Å². The van der Waals surface area contributed by atoms with Crippen LogP contribution in [-0.2, 0) is 4.79 Å². The summed E-state index contributed by atoms with van der Waals surface area (Å²) < 4.78 is 6.49. The van der Waals surface area contributed by atoms with Gasteiger partial charge in [0.2, 0.25) is 0 Å². The first-order valence-electron chi connectivity index (χ1n) is 8.76. The lowest BCUT2D eigenvalue weighted by atomic mass is 9.49. The van der Waals surface area contributed by atoms with Crippen molar-refractivity contribution in [2.24, 2.45) is 23.2 Å². The first kappa shape index (κ1) is 15.5. The van der Waals surface area contributed by atoms with E-state index in [1.807, 2.05) is 24.3 Å². The van der Waals surface area contributed by atoms with Gasteiger partial charge in [0.1, 0.15) is 5.75 Å². The molecule has 4 bridgehead atoms. The molecule has 0 atom stereocenters. The Morgan fingerprint density at radius 2 is 1.74 bits per heavy atom. The van der Waals surface area contributed by atoms with Gasteiger partial charge in [-0.3, -0.25) is 4.79 Å². The predicted octanol–water partition coefficient (Wildman–Crippen LogP) is 4.16. The standard InChI is InChI=1S/C19H24BrNO2/c20-16-3-1-2-4-17(16)23-11-18(22)21-12-19-8-13-5-14(9-19)7-15(6-13)10-19/h1-4,13-15H,5-12H2,(H,21,22). The van der Waals surface area contributed by atoms with Gasteiger partial charge in [0, 0.05) is 6.54 Å². The van der Waals surface area contributed by atoms with Gasteiger partial charge in [-0.2, -0.15) is 0 Å². The lowest BCUT2D eigenvalue weighted by molar-refractivity contribution is -0.125. The van der Waals surface area contributed by atoms with E-state index in [1.165, 1.54) is 38.5 Å². The fraction of sp³-hybridized carbons (Fsp3) is 0.632. The van der Waals surface area contributed by atoms with Gasteiger partial charge in [-0.1, -0.05) is 12.1 Å². The summed E-state index contributed by atoms with van der Waals surface area (Å²) in [5, 5.41) is 3.15. The zero-order chi connectivity index (χ0) is 15.9. The predicted molar refractivity (Wildman–Crippen MR) is 93.3 cm³/mol. The molecule has 5 rings (SSSR count). The molecule has 0 aliphatic heterocycles. The summed E-state index contributed by atoms with van der Waals surface area (Å²) in [6, 6.07) is 7.64. The van der Waals surface area contributed by atoms with Gasteiger partial charge in [-0.15, -0.1) is 0 Å². The van der Waals surface area contributed by atoms with E-state index in [4.69, 9.17) is 4.74 Å². The Bertz CT molecular complexity index is 566. The molecule has 23 heavy (non-hydrogen) atoms. The Morgan fingerprint density at radius 1 is 1.13 bits per heavy atom. The van der Waals surface area contributed by atoms with E-state index in [9.17, 15) is 4.79 Å². The van der Waals surface area contributed by atoms with Crippen molar-refractivity contribution in [1.29, 1.82) is 0 Å². The summed E-state index contributed by atoms with van der Waals surface area (Å²) >= 11 is 3.44. The van der Waals surface area contributed by atoms with Crippen molar-refractivity contribution in [3.05, 3.63) is 28.7 Å². The van der Waals surface area contributed by atoms with E-state index in [2.05, 4.69) is 21.2 Å². The second kappa shape index (κ2) is 6.12. The van der Waals surface area contributed by atoms with E-state index in [0.29, 0.717) is 5.41 Å². The highest BCUT2D eigenvalue weighted by Gasteiger charge is 2.50. The average molecular weight is 378 g/mol. The third-order valence-corrected chi connectivity index (χ3v) is 6.68. The Balaban J connectivity index is 1.29. The normalized spacial score (nSPS) is 34.4. The number of carbonyl (C=O) groups is 1. The van der Waals surface area contributed by atoms with E-state index in [1.54, 1.807) is 0 Å². The molecule has 0 heterocycles. The third kappa shape index (κ3) is 3.28. The fourth-order valence-electron chi connectivity index (χ4n) is 5.55. The zero-order valence-corrected chi connectivity index (χ0v) is 15.0. The van der Waals surface area contributed by atoms with Crippen LogP contribution < -0.4 is 10.1 Å². The van der Waals surface area contributed by atoms with Gasteiger partial charge in [0.15, 0.2) is 6.61 Å². The van der Waals surface area contributed by atoms with E-state index >= 15 is 0 Å².